The number of para-hydroxylation sites is 1. The molecular weight excluding hydrogens is 192 g/mol. The van der Waals surface area contributed by atoms with E-state index in [1.807, 2.05) is 19.1 Å². The maximum Gasteiger partial charge on any atom is 0.337 e. The average molecular weight is 206 g/mol. The van der Waals surface area contributed by atoms with E-state index >= 15 is 0 Å². The Hall–Kier alpha value is -1.55. The summed E-state index contributed by atoms with van der Waals surface area (Å²) in [5, 5.41) is 12.3. The van der Waals surface area contributed by atoms with Crippen LogP contribution < -0.4 is 10.2 Å². The van der Waals surface area contributed by atoms with Crippen LogP contribution in [0.2, 0.25) is 0 Å². The van der Waals surface area contributed by atoms with Crippen molar-refractivity contribution in [2.75, 3.05) is 18.0 Å². The molecule has 0 spiro atoms. The summed E-state index contributed by atoms with van der Waals surface area (Å²) >= 11 is 0. The van der Waals surface area contributed by atoms with E-state index in [0.717, 1.165) is 18.8 Å². The number of hydrogen-bond donors (Lipinski definition) is 2. The summed E-state index contributed by atoms with van der Waals surface area (Å²) in [7, 11) is 0. The molecule has 1 heterocycles. The molecule has 1 unspecified atom stereocenters. The van der Waals surface area contributed by atoms with E-state index < -0.39 is 5.97 Å². The average Bonchev–Trinajstić information content (AvgIpc) is 2.64. The van der Waals surface area contributed by atoms with Gasteiger partial charge in [0.1, 0.15) is 0 Å². The van der Waals surface area contributed by atoms with Crippen LogP contribution in [-0.4, -0.2) is 30.3 Å². The first kappa shape index (κ1) is 9.98. The number of nitrogens with one attached hydrogen (secondary N) is 1. The minimum atomic E-state index is -0.871. The Kier molecular flexibility index (Phi) is 2.60. The Morgan fingerprint density at radius 1 is 1.53 bits per heavy atom. The normalized spacial score (nSPS) is 20.6. The number of carboxylic acid groups (broad SMARTS) is 1. The molecule has 0 saturated carbocycles. The van der Waals surface area contributed by atoms with E-state index in [1.54, 1.807) is 12.1 Å². The zero-order valence-corrected chi connectivity index (χ0v) is 8.60. The Morgan fingerprint density at radius 3 is 2.87 bits per heavy atom. The quantitative estimate of drug-likeness (QED) is 0.762. The number of carbonyl (C=O) groups is 1. The lowest BCUT2D eigenvalue weighted by Crippen LogP contribution is -2.33. The van der Waals surface area contributed by atoms with Crippen LogP contribution in [0.25, 0.3) is 0 Å². The van der Waals surface area contributed by atoms with Crippen molar-refractivity contribution in [3.05, 3.63) is 29.8 Å². The number of aromatic carboxylic acids is 1. The van der Waals surface area contributed by atoms with E-state index in [9.17, 15) is 4.79 Å². The fourth-order valence-corrected chi connectivity index (χ4v) is 1.93. The first-order valence-electron chi connectivity index (χ1n) is 5.02. The molecule has 0 aliphatic carbocycles. The lowest BCUT2D eigenvalue weighted by molar-refractivity contribution is 0.0697. The first-order chi connectivity index (χ1) is 7.20. The molecule has 1 saturated heterocycles. The van der Waals surface area contributed by atoms with Crippen LogP contribution in [-0.2, 0) is 0 Å². The highest BCUT2D eigenvalue weighted by Crippen LogP contribution is 2.23. The van der Waals surface area contributed by atoms with Gasteiger partial charge in [0.15, 0.2) is 0 Å². The van der Waals surface area contributed by atoms with Crippen molar-refractivity contribution in [3.63, 3.8) is 0 Å². The van der Waals surface area contributed by atoms with Crippen molar-refractivity contribution in [2.24, 2.45) is 0 Å². The number of nitrogens with zero attached hydrogens (tertiary/aromatic N) is 1. The lowest BCUT2D eigenvalue weighted by Gasteiger charge is -2.24. The van der Waals surface area contributed by atoms with Gasteiger partial charge in [-0.3, -0.25) is 5.32 Å². The molecule has 80 valence electrons. The zero-order chi connectivity index (χ0) is 10.8. The monoisotopic (exact) mass is 206 g/mol. The molecule has 4 nitrogen and oxygen atoms in total. The zero-order valence-electron chi connectivity index (χ0n) is 8.60. The first-order valence-corrected chi connectivity index (χ1v) is 5.02. The number of rotatable bonds is 2. The lowest BCUT2D eigenvalue weighted by atomic mass is 10.1. The molecule has 0 amide bonds. The highest BCUT2D eigenvalue weighted by molar-refractivity contribution is 5.94. The Morgan fingerprint density at radius 2 is 2.27 bits per heavy atom. The molecule has 1 fully saturated rings. The molecule has 0 radical (unpaired) electrons. The second-order valence-corrected chi connectivity index (χ2v) is 3.65. The second kappa shape index (κ2) is 3.90. The molecular formula is C11H14N2O2. The summed E-state index contributed by atoms with van der Waals surface area (Å²) in [6, 6.07) is 7.11. The number of hydrogen-bond acceptors (Lipinski definition) is 3. The smallest absolute Gasteiger partial charge is 0.337 e. The van der Waals surface area contributed by atoms with E-state index in [2.05, 4.69) is 10.2 Å². The van der Waals surface area contributed by atoms with E-state index in [1.165, 1.54) is 0 Å². The summed E-state index contributed by atoms with van der Waals surface area (Å²) in [5.74, 6) is -0.871. The van der Waals surface area contributed by atoms with Gasteiger partial charge in [-0.25, -0.2) is 4.79 Å². The van der Waals surface area contributed by atoms with Crippen LogP contribution in [0.1, 0.15) is 17.3 Å². The molecule has 1 atom stereocenters. The second-order valence-electron chi connectivity index (χ2n) is 3.65. The van der Waals surface area contributed by atoms with Gasteiger partial charge >= 0.3 is 5.97 Å². The minimum absolute atomic E-state index is 0.200. The van der Waals surface area contributed by atoms with Gasteiger partial charge in [-0.1, -0.05) is 12.1 Å². The number of benzene rings is 1. The van der Waals surface area contributed by atoms with Gasteiger partial charge in [0.2, 0.25) is 0 Å². The van der Waals surface area contributed by atoms with E-state index in [0.29, 0.717) is 5.56 Å². The summed E-state index contributed by atoms with van der Waals surface area (Å²) < 4.78 is 0. The van der Waals surface area contributed by atoms with Crippen molar-refractivity contribution in [3.8, 4) is 0 Å². The molecule has 15 heavy (non-hydrogen) atoms. The van der Waals surface area contributed by atoms with Crippen LogP contribution >= 0.6 is 0 Å². The molecule has 1 aromatic rings. The molecule has 1 aromatic carbocycles. The van der Waals surface area contributed by atoms with Gasteiger partial charge < -0.3 is 10.0 Å². The maximum atomic E-state index is 11.0. The third kappa shape index (κ3) is 1.80. The van der Waals surface area contributed by atoms with E-state index in [4.69, 9.17) is 5.11 Å². The van der Waals surface area contributed by atoms with Crippen LogP contribution in [0.15, 0.2) is 24.3 Å². The third-order valence-electron chi connectivity index (χ3n) is 2.70. The fourth-order valence-electron chi connectivity index (χ4n) is 1.93. The SMILES string of the molecule is CC1NCCN1c1ccccc1C(=O)O. The van der Waals surface area contributed by atoms with Crippen LogP contribution in [0.3, 0.4) is 0 Å². The van der Waals surface area contributed by atoms with Crippen LogP contribution in [0.5, 0.6) is 0 Å². The summed E-state index contributed by atoms with van der Waals surface area (Å²) in [6.07, 6.45) is 0.200. The predicted molar refractivity (Wildman–Crippen MR) is 58.2 cm³/mol. The summed E-state index contributed by atoms with van der Waals surface area (Å²) in [6.45, 7) is 3.78. The minimum Gasteiger partial charge on any atom is -0.478 e. The topological polar surface area (TPSA) is 52.6 Å². The third-order valence-corrected chi connectivity index (χ3v) is 2.70. The van der Waals surface area contributed by atoms with Crippen molar-refractivity contribution in [2.45, 2.75) is 13.1 Å². The van der Waals surface area contributed by atoms with Crippen molar-refractivity contribution in [1.29, 1.82) is 0 Å². The Labute approximate surface area is 88.5 Å². The van der Waals surface area contributed by atoms with Gasteiger partial charge in [0.25, 0.3) is 0 Å². The molecule has 0 bridgehead atoms. The molecule has 4 heteroatoms. The fraction of sp³-hybridized carbons (Fsp3) is 0.364. The van der Waals surface area contributed by atoms with Crippen LogP contribution in [0.4, 0.5) is 5.69 Å². The summed E-state index contributed by atoms with van der Waals surface area (Å²) in [4.78, 5) is 13.1. The van der Waals surface area contributed by atoms with Crippen LogP contribution in [0, 0.1) is 0 Å². The van der Waals surface area contributed by atoms with Crippen molar-refractivity contribution in [1.82, 2.24) is 5.32 Å². The van der Waals surface area contributed by atoms with Gasteiger partial charge in [0, 0.05) is 13.1 Å². The molecule has 1 aliphatic rings. The van der Waals surface area contributed by atoms with Gasteiger partial charge in [0.05, 0.1) is 17.4 Å². The Balaban J connectivity index is 2.38. The maximum absolute atomic E-state index is 11.0. The van der Waals surface area contributed by atoms with Gasteiger partial charge in [-0.2, -0.15) is 0 Å². The van der Waals surface area contributed by atoms with Gasteiger partial charge in [-0.15, -0.1) is 0 Å². The molecule has 2 N–H and O–H groups in total. The highest BCUT2D eigenvalue weighted by Gasteiger charge is 2.23. The van der Waals surface area contributed by atoms with E-state index in [-0.39, 0.29) is 6.17 Å². The molecule has 2 rings (SSSR count). The molecule has 1 aliphatic heterocycles. The van der Waals surface area contributed by atoms with Crippen molar-refractivity contribution >= 4 is 11.7 Å². The number of anilines is 1. The standard InChI is InChI=1S/C11H14N2O2/c1-8-12-6-7-13(8)10-5-3-2-4-9(10)11(14)15/h2-5,8,12H,6-7H2,1H3,(H,14,15). The predicted octanol–water partition coefficient (Wildman–Crippen LogP) is 1.14. The Bertz CT molecular complexity index is 379. The molecule has 0 aromatic heterocycles. The highest BCUT2D eigenvalue weighted by atomic mass is 16.4. The van der Waals surface area contributed by atoms with Gasteiger partial charge in [-0.05, 0) is 19.1 Å². The summed E-state index contributed by atoms with van der Waals surface area (Å²) in [5.41, 5.74) is 1.16. The van der Waals surface area contributed by atoms with Crippen molar-refractivity contribution < 1.29 is 9.90 Å². The largest absolute Gasteiger partial charge is 0.478 e. The number of carboxylic acids is 1.